The van der Waals surface area contributed by atoms with Crippen LogP contribution in [-0.2, 0) is 15.6 Å². The van der Waals surface area contributed by atoms with E-state index in [1.807, 2.05) is 19.1 Å². The minimum absolute atomic E-state index is 0.0585. The van der Waals surface area contributed by atoms with E-state index in [4.69, 9.17) is 10.3 Å². The van der Waals surface area contributed by atoms with Crippen molar-refractivity contribution in [2.75, 3.05) is 6.54 Å². The Morgan fingerprint density at radius 3 is 2.42 bits per heavy atom. The van der Waals surface area contributed by atoms with Crippen LogP contribution in [0.5, 0.6) is 5.75 Å². The van der Waals surface area contributed by atoms with Gasteiger partial charge in [0.2, 0.25) is 0 Å². The molecule has 1 aromatic rings. The third-order valence-electron chi connectivity index (χ3n) is 8.47. The lowest BCUT2D eigenvalue weighted by Crippen LogP contribution is -2.49. The molecule has 0 N–H and O–H groups in total. The molecule has 0 bridgehead atoms. The van der Waals surface area contributed by atoms with Crippen molar-refractivity contribution < 1.29 is 14.3 Å². The van der Waals surface area contributed by atoms with Crippen LogP contribution >= 0.6 is 0 Å². The van der Waals surface area contributed by atoms with Gasteiger partial charge in [-0.05, 0) is 73.1 Å². The Kier molecular flexibility index (Phi) is 9.00. The standard InChI is InChI=1S/C31H45N3O2/c1-8-27(29(35)26-13-11-12-20-34(26)24-17-15-23(33-32)16-18-24)36-28-19-14-22(30(4,5)9-2)21-25(28)31(6,7)10-3/h14-15,17-19,21,26-27H,8-13,16,20H2,1-7H3. The molecule has 1 saturated heterocycles. The number of nitrogens with zero attached hydrogens (tertiary/aromatic N) is 3. The van der Waals surface area contributed by atoms with Crippen molar-refractivity contribution >= 4 is 11.5 Å². The van der Waals surface area contributed by atoms with Gasteiger partial charge in [-0.25, -0.2) is 0 Å². The molecule has 196 valence electrons. The fourth-order valence-electron chi connectivity index (χ4n) is 5.04. The van der Waals surface area contributed by atoms with Crippen LogP contribution in [0.15, 0.2) is 42.1 Å². The molecule has 0 aromatic heterocycles. The molecule has 0 saturated carbocycles. The lowest BCUT2D eigenvalue weighted by molar-refractivity contribution is -0.131. The highest BCUT2D eigenvalue weighted by molar-refractivity contribution is 5.93. The molecule has 2 aliphatic rings. The minimum atomic E-state index is -0.491. The highest BCUT2D eigenvalue weighted by atomic mass is 16.5. The number of ether oxygens (including phenoxy) is 1. The van der Waals surface area contributed by atoms with Gasteiger partial charge in [0.1, 0.15) is 5.75 Å². The average Bonchev–Trinajstić information content (AvgIpc) is 2.91. The van der Waals surface area contributed by atoms with E-state index in [0.29, 0.717) is 18.6 Å². The van der Waals surface area contributed by atoms with Gasteiger partial charge < -0.3 is 15.2 Å². The van der Waals surface area contributed by atoms with E-state index in [2.05, 4.69) is 75.5 Å². The monoisotopic (exact) mass is 491 g/mol. The van der Waals surface area contributed by atoms with Gasteiger partial charge in [-0.3, -0.25) is 4.79 Å². The quantitative estimate of drug-likeness (QED) is 0.258. The Bertz CT molecular complexity index is 1060. The van der Waals surface area contributed by atoms with E-state index in [-0.39, 0.29) is 22.7 Å². The number of hydrogen-bond donors (Lipinski definition) is 0. The summed E-state index contributed by atoms with van der Waals surface area (Å²) in [4.78, 5) is 19.5. The van der Waals surface area contributed by atoms with Gasteiger partial charge in [0.05, 0.1) is 12.5 Å². The Morgan fingerprint density at radius 2 is 1.83 bits per heavy atom. The number of ketones is 1. The molecular formula is C31H45N3O2. The van der Waals surface area contributed by atoms with Crippen LogP contribution in [0.2, 0.25) is 0 Å². The fourth-order valence-corrected chi connectivity index (χ4v) is 5.04. The first-order valence-electron chi connectivity index (χ1n) is 13.8. The number of benzene rings is 1. The summed E-state index contributed by atoms with van der Waals surface area (Å²) in [6, 6.07) is 6.38. The number of Topliss-reactive ketones (excluding diaryl/α,β-unsaturated/α-hetero) is 1. The van der Waals surface area contributed by atoms with Crippen LogP contribution in [0.4, 0.5) is 0 Å². The molecule has 1 aromatic carbocycles. The minimum Gasteiger partial charge on any atom is -0.482 e. The van der Waals surface area contributed by atoms with Crippen molar-refractivity contribution in [3.63, 3.8) is 0 Å². The molecule has 1 aliphatic carbocycles. The first-order chi connectivity index (χ1) is 17.1. The molecule has 5 nitrogen and oxygen atoms in total. The van der Waals surface area contributed by atoms with E-state index >= 15 is 0 Å². The number of hydrogen-bond acceptors (Lipinski definition) is 3. The van der Waals surface area contributed by atoms with E-state index in [0.717, 1.165) is 50.1 Å². The summed E-state index contributed by atoms with van der Waals surface area (Å²) >= 11 is 0. The van der Waals surface area contributed by atoms with Crippen molar-refractivity contribution in [1.29, 1.82) is 0 Å². The third-order valence-corrected chi connectivity index (χ3v) is 8.47. The lowest BCUT2D eigenvalue weighted by Gasteiger charge is -2.39. The molecule has 0 radical (unpaired) electrons. The molecule has 0 amide bonds. The van der Waals surface area contributed by atoms with Crippen LogP contribution in [0.1, 0.15) is 105 Å². The second kappa shape index (κ2) is 11.6. The number of rotatable bonds is 10. The van der Waals surface area contributed by atoms with Crippen LogP contribution in [0.25, 0.3) is 5.53 Å². The number of carbonyl (C=O) groups is 1. The molecule has 1 aliphatic heterocycles. The molecule has 2 unspecified atom stereocenters. The van der Waals surface area contributed by atoms with Gasteiger partial charge in [0, 0.05) is 23.9 Å². The number of allylic oxidation sites excluding steroid dienone is 3. The first-order valence-corrected chi connectivity index (χ1v) is 13.8. The van der Waals surface area contributed by atoms with Gasteiger partial charge in [0.15, 0.2) is 11.9 Å². The normalized spacial score (nSPS) is 19.5. The predicted molar refractivity (Wildman–Crippen MR) is 148 cm³/mol. The van der Waals surface area contributed by atoms with Crippen molar-refractivity contribution in [1.82, 2.24) is 4.90 Å². The smallest absolute Gasteiger partial charge is 0.295 e. The molecule has 2 atom stereocenters. The van der Waals surface area contributed by atoms with Crippen LogP contribution in [0, 0.1) is 0 Å². The molecule has 1 heterocycles. The predicted octanol–water partition coefficient (Wildman–Crippen LogP) is 7.16. The van der Waals surface area contributed by atoms with E-state index in [1.54, 1.807) is 0 Å². The zero-order chi connectivity index (χ0) is 26.5. The highest BCUT2D eigenvalue weighted by Gasteiger charge is 2.36. The highest BCUT2D eigenvalue weighted by Crippen LogP contribution is 2.39. The Labute approximate surface area is 218 Å². The first kappa shape index (κ1) is 27.9. The summed E-state index contributed by atoms with van der Waals surface area (Å²) in [6.07, 6.45) is 11.5. The summed E-state index contributed by atoms with van der Waals surface area (Å²) in [7, 11) is 0. The molecular weight excluding hydrogens is 446 g/mol. The van der Waals surface area contributed by atoms with Crippen LogP contribution in [0.3, 0.4) is 0 Å². The summed E-state index contributed by atoms with van der Waals surface area (Å²) < 4.78 is 6.60. The average molecular weight is 492 g/mol. The summed E-state index contributed by atoms with van der Waals surface area (Å²) in [5, 5.41) is 0. The van der Waals surface area contributed by atoms with Crippen molar-refractivity contribution in [3.05, 3.63) is 58.8 Å². The summed E-state index contributed by atoms with van der Waals surface area (Å²) in [5.41, 5.74) is 13.3. The molecule has 5 heteroatoms. The maximum absolute atomic E-state index is 13.9. The zero-order valence-corrected chi connectivity index (χ0v) is 23.4. The molecule has 3 rings (SSSR count). The molecule has 36 heavy (non-hydrogen) atoms. The van der Waals surface area contributed by atoms with Gasteiger partial charge in [0.25, 0.3) is 5.71 Å². The molecule has 0 spiro atoms. The maximum Gasteiger partial charge on any atom is 0.295 e. The van der Waals surface area contributed by atoms with E-state index in [9.17, 15) is 4.79 Å². The lowest BCUT2D eigenvalue weighted by atomic mass is 9.76. The summed E-state index contributed by atoms with van der Waals surface area (Å²) in [6.45, 7) is 16.4. The zero-order valence-electron chi connectivity index (χ0n) is 23.4. The topological polar surface area (TPSA) is 65.9 Å². The van der Waals surface area contributed by atoms with E-state index in [1.165, 1.54) is 11.1 Å². The second-order valence-electron chi connectivity index (χ2n) is 11.6. The number of likely N-dealkylation sites (tertiary alicyclic amines) is 1. The van der Waals surface area contributed by atoms with Gasteiger partial charge >= 0.3 is 0 Å². The van der Waals surface area contributed by atoms with Crippen molar-refractivity contribution in [2.45, 2.75) is 116 Å². The van der Waals surface area contributed by atoms with Gasteiger partial charge in [-0.2, -0.15) is 4.79 Å². The van der Waals surface area contributed by atoms with Crippen molar-refractivity contribution in [3.8, 4) is 5.75 Å². The van der Waals surface area contributed by atoms with Crippen LogP contribution in [-0.4, -0.2) is 39.9 Å². The SMILES string of the molecule is CCC(Oc1ccc(C(C)(C)CC)cc1C(C)(C)CC)C(=O)C1CCCCN1C1=CCC(=[N+]=[N-])C=C1. The fraction of sp³-hybridized carbons (Fsp3) is 0.613. The number of piperidine rings is 1. The van der Waals surface area contributed by atoms with Gasteiger partial charge in [-0.1, -0.05) is 60.6 Å². The summed E-state index contributed by atoms with van der Waals surface area (Å²) in [5.74, 6) is 0.993. The molecule has 1 fully saturated rings. The maximum atomic E-state index is 13.9. The van der Waals surface area contributed by atoms with Crippen LogP contribution < -0.4 is 4.74 Å². The third kappa shape index (κ3) is 6.00. The van der Waals surface area contributed by atoms with E-state index < -0.39 is 6.10 Å². The number of carbonyl (C=O) groups excluding carboxylic acids is 1. The largest absolute Gasteiger partial charge is 0.482 e. The Hall–Kier alpha value is -2.65. The van der Waals surface area contributed by atoms with Crippen molar-refractivity contribution in [2.24, 2.45) is 0 Å². The Morgan fingerprint density at radius 1 is 1.11 bits per heavy atom. The second-order valence-corrected chi connectivity index (χ2v) is 11.6. The van der Waals surface area contributed by atoms with Gasteiger partial charge in [-0.15, -0.1) is 0 Å². The Balaban J connectivity index is 1.90.